The summed E-state index contributed by atoms with van der Waals surface area (Å²) in [6, 6.07) is 0. The summed E-state index contributed by atoms with van der Waals surface area (Å²) < 4.78 is 8.34. The van der Waals surface area contributed by atoms with Gasteiger partial charge in [0, 0.05) is 0 Å². The summed E-state index contributed by atoms with van der Waals surface area (Å²) in [5, 5.41) is 0. The van der Waals surface area contributed by atoms with Crippen LogP contribution in [0.15, 0.2) is 25.3 Å². The predicted molar refractivity (Wildman–Crippen MR) is 38.2 cm³/mol. The van der Waals surface area contributed by atoms with Crippen LogP contribution < -0.4 is 0 Å². The van der Waals surface area contributed by atoms with Crippen molar-refractivity contribution < 1.29 is 3.08 Å². The van der Waals surface area contributed by atoms with Gasteiger partial charge in [0.1, 0.15) is 0 Å². The molecule has 0 aliphatic carbocycles. The van der Waals surface area contributed by atoms with Crippen LogP contribution >= 0.6 is 0 Å². The minimum absolute atomic E-state index is 0.300. The Labute approximate surface area is 65.0 Å². The van der Waals surface area contributed by atoms with Crippen molar-refractivity contribution in [2.45, 2.75) is 13.8 Å². The molecule has 0 atom stereocenters. The zero-order chi connectivity index (χ0) is 7.41. The summed E-state index contributed by atoms with van der Waals surface area (Å²) in [6.07, 6.45) is 3.50. The maximum absolute atomic E-state index is 8.34. The Morgan fingerprint density at radius 3 is 1.12 bits per heavy atom. The zero-order valence-electron chi connectivity index (χ0n) is 5.48. The molecule has 8 heavy (non-hydrogen) atoms. The van der Waals surface area contributed by atoms with Crippen molar-refractivity contribution >= 4 is 22.5 Å². The Balaban J connectivity index is -0.0000000483. The van der Waals surface area contributed by atoms with Crippen molar-refractivity contribution in [1.82, 2.24) is 0 Å². The molecule has 46 valence electrons. The summed E-state index contributed by atoms with van der Waals surface area (Å²) in [5.41, 5.74) is 0. The van der Waals surface area contributed by atoms with Gasteiger partial charge in [-0.05, 0) is 13.8 Å². The van der Waals surface area contributed by atoms with E-state index in [4.69, 9.17) is 3.08 Å². The molecule has 2 heteroatoms. The van der Waals surface area contributed by atoms with Crippen molar-refractivity contribution in [3.8, 4) is 0 Å². The van der Waals surface area contributed by atoms with Gasteiger partial charge in [0.15, 0.2) is 0 Å². The SMILES string of the molecule is C=CC.C=CC.[O]=[Sn]. The van der Waals surface area contributed by atoms with Crippen LogP contribution in [0.5, 0.6) is 0 Å². The number of hydrogen-bond donors (Lipinski definition) is 0. The third-order valence-electron chi connectivity index (χ3n) is 0. The Morgan fingerprint density at radius 1 is 1.12 bits per heavy atom. The molecule has 0 aliphatic heterocycles. The van der Waals surface area contributed by atoms with Gasteiger partial charge in [-0.2, -0.15) is 0 Å². The molecule has 0 aromatic rings. The van der Waals surface area contributed by atoms with Gasteiger partial charge in [0.25, 0.3) is 0 Å². The van der Waals surface area contributed by atoms with Crippen LogP contribution in [0, 0.1) is 0 Å². The zero-order valence-corrected chi connectivity index (χ0v) is 8.33. The van der Waals surface area contributed by atoms with E-state index < -0.39 is 0 Å². The van der Waals surface area contributed by atoms with E-state index in [1.54, 1.807) is 12.2 Å². The Bertz CT molecular complexity index is 37.8. The van der Waals surface area contributed by atoms with Gasteiger partial charge in [-0.1, -0.05) is 12.2 Å². The molecule has 0 amide bonds. The average Bonchev–Trinajstić information content (AvgIpc) is 1.75. The average molecular weight is 219 g/mol. The first kappa shape index (κ1) is 15.7. The number of rotatable bonds is 0. The summed E-state index contributed by atoms with van der Waals surface area (Å²) in [7, 11) is 0. The predicted octanol–water partition coefficient (Wildman–Crippen LogP) is 1.89. The molecule has 0 unspecified atom stereocenters. The molecular formula is C6H12OSn. The number of allylic oxidation sites excluding steroid dienone is 2. The third-order valence-corrected chi connectivity index (χ3v) is 0. The monoisotopic (exact) mass is 220 g/mol. The summed E-state index contributed by atoms with van der Waals surface area (Å²) >= 11 is 0.300. The molecule has 0 spiro atoms. The second kappa shape index (κ2) is 60.5. The molecule has 0 heterocycles. The molecule has 0 bridgehead atoms. The molecule has 0 aliphatic rings. The molecule has 0 fully saturated rings. The second-order valence-corrected chi connectivity index (χ2v) is 0.816. The van der Waals surface area contributed by atoms with E-state index in [-0.39, 0.29) is 0 Å². The Kier molecular flexibility index (Phi) is 119. The van der Waals surface area contributed by atoms with Crippen LogP contribution in [0.1, 0.15) is 13.8 Å². The Hall–Kier alpha value is 0.0787. The standard InChI is InChI=1S/2C3H6.O.Sn/c2*1-3-2;;/h2*3H,1H2,2H3;;. The van der Waals surface area contributed by atoms with Gasteiger partial charge in [-0.15, -0.1) is 13.2 Å². The molecule has 2 radical (unpaired) electrons. The van der Waals surface area contributed by atoms with Crippen LogP contribution in [0.3, 0.4) is 0 Å². The fraction of sp³-hybridized carbons (Fsp3) is 0.333. The van der Waals surface area contributed by atoms with Crippen LogP contribution in [-0.2, 0) is 3.08 Å². The van der Waals surface area contributed by atoms with Gasteiger partial charge in [0.05, 0.1) is 0 Å². The second-order valence-electron chi connectivity index (χ2n) is 0.816. The number of hydrogen-bond acceptors (Lipinski definition) is 1. The quantitative estimate of drug-likeness (QED) is 0.449. The van der Waals surface area contributed by atoms with Crippen molar-refractivity contribution in [2.24, 2.45) is 0 Å². The molecule has 0 N–H and O–H groups in total. The van der Waals surface area contributed by atoms with E-state index in [9.17, 15) is 0 Å². The maximum atomic E-state index is 8.34. The summed E-state index contributed by atoms with van der Waals surface area (Å²) in [6.45, 7) is 10.5. The van der Waals surface area contributed by atoms with Crippen molar-refractivity contribution in [1.29, 1.82) is 0 Å². The molecule has 0 saturated carbocycles. The van der Waals surface area contributed by atoms with Gasteiger partial charge < -0.3 is 0 Å². The molecule has 0 saturated heterocycles. The topological polar surface area (TPSA) is 17.1 Å². The molecule has 0 aromatic carbocycles. The molecule has 0 rings (SSSR count). The molecule has 1 nitrogen and oxygen atoms in total. The minimum atomic E-state index is 0.300. The van der Waals surface area contributed by atoms with Crippen molar-refractivity contribution in [3.63, 3.8) is 0 Å². The summed E-state index contributed by atoms with van der Waals surface area (Å²) in [5.74, 6) is 0. The van der Waals surface area contributed by atoms with Gasteiger partial charge >= 0.3 is 25.6 Å². The summed E-state index contributed by atoms with van der Waals surface area (Å²) in [4.78, 5) is 0. The van der Waals surface area contributed by atoms with Crippen molar-refractivity contribution in [3.05, 3.63) is 25.3 Å². The van der Waals surface area contributed by atoms with Crippen LogP contribution in [-0.4, -0.2) is 22.5 Å². The van der Waals surface area contributed by atoms with Crippen molar-refractivity contribution in [2.75, 3.05) is 0 Å². The van der Waals surface area contributed by atoms with Crippen LogP contribution in [0.4, 0.5) is 0 Å². The van der Waals surface area contributed by atoms with E-state index in [1.807, 2.05) is 13.8 Å². The van der Waals surface area contributed by atoms with E-state index >= 15 is 0 Å². The fourth-order valence-electron chi connectivity index (χ4n) is 0. The van der Waals surface area contributed by atoms with Gasteiger partial charge in [0.2, 0.25) is 0 Å². The first-order valence-corrected chi connectivity index (χ1v) is 3.34. The van der Waals surface area contributed by atoms with Gasteiger partial charge in [-0.25, -0.2) is 0 Å². The van der Waals surface area contributed by atoms with E-state index in [1.165, 1.54) is 0 Å². The van der Waals surface area contributed by atoms with Crippen LogP contribution in [0.2, 0.25) is 0 Å². The third kappa shape index (κ3) is 25300. The fourth-order valence-corrected chi connectivity index (χ4v) is 0. The van der Waals surface area contributed by atoms with Crippen LogP contribution in [0.25, 0.3) is 0 Å². The first-order chi connectivity index (χ1) is 3.83. The van der Waals surface area contributed by atoms with E-state index in [2.05, 4.69) is 13.2 Å². The first-order valence-electron chi connectivity index (χ1n) is 2.18. The van der Waals surface area contributed by atoms with E-state index in [0.29, 0.717) is 22.5 Å². The molecule has 0 aromatic heterocycles. The van der Waals surface area contributed by atoms with Gasteiger partial charge in [-0.3, -0.25) is 0 Å². The van der Waals surface area contributed by atoms with E-state index in [0.717, 1.165) is 0 Å². The Morgan fingerprint density at radius 2 is 1.12 bits per heavy atom. The molecular weight excluding hydrogens is 207 g/mol. The normalized spacial score (nSPS) is 3.75.